The third-order valence-electron chi connectivity index (χ3n) is 5.39. The first kappa shape index (κ1) is 21.2. The molecular formula is C26H27N3OS. The van der Waals surface area contributed by atoms with E-state index in [2.05, 4.69) is 24.0 Å². The molecule has 158 valence electrons. The second-order valence-electron chi connectivity index (χ2n) is 7.97. The highest BCUT2D eigenvalue weighted by molar-refractivity contribution is 7.22. The zero-order chi connectivity index (χ0) is 21.8. The predicted octanol–water partition coefficient (Wildman–Crippen LogP) is 5.33. The average Bonchev–Trinajstić information content (AvgIpc) is 3.21. The topological polar surface area (TPSA) is 36.4 Å². The molecule has 0 fully saturated rings. The zero-order valence-corrected chi connectivity index (χ0v) is 19.0. The van der Waals surface area contributed by atoms with E-state index in [4.69, 9.17) is 4.98 Å². The zero-order valence-electron chi connectivity index (χ0n) is 18.2. The Morgan fingerprint density at radius 3 is 2.03 bits per heavy atom. The minimum absolute atomic E-state index is 0.0518. The van der Waals surface area contributed by atoms with Crippen molar-refractivity contribution < 1.29 is 4.79 Å². The maximum Gasteiger partial charge on any atom is 0.240 e. The minimum Gasteiger partial charge on any atom is -0.308 e. The molecule has 0 atom stereocenters. The molecule has 4 aromatic rings. The van der Waals surface area contributed by atoms with E-state index in [1.165, 1.54) is 0 Å². The highest BCUT2D eigenvalue weighted by atomic mass is 32.1. The lowest BCUT2D eigenvalue weighted by Gasteiger charge is -2.27. The van der Waals surface area contributed by atoms with Crippen LogP contribution in [-0.2, 0) is 4.79 Å². The smallest absolute Gasteiger partial charge is 0.240 e. The number of thiazole rings is 1. The lowest BCUT2D eigenvalue weighted by Crippen LogP contribution is -2.40. The summed E-state index contributed by atoms with van der Waals surface area (Å²) in [6, 6.07) is 26.2. The van der Waals surface area contributed by atoms with Gasteiger partial charge in [-0.15, -0.1) is 0 Å². The third-order valence-corrected chi connectivity index (χ3v) is 6.43. The fraction of sp³-hybridized carbons (Fsp3) is 0.231. The Kier molecular flexibility index (Phi) is 6.44. The van der Waals surface area contributed by atoms with Gasteiger partial charge in [-0.2, -0.15) is 0 Å². The van der Waals surface area contributed by atoms with Crippen LogP contribution < -0.4 is 4.90 Å². The van der Waals surface area contributed by atoms with E-state index in [1.807, 2.05) is 85.7 Å². The molecule has 0 bridgehead atoms. The SMILES string of the molecule is Cc1cccc2sc(N(CCN(C)C)C(=O)C(c3ccccc3)c3ccccc3)nc12. The number of benzene rings is 3. The van der Waals surface area contributed by atoms with Crippen LogP contribution in [0.5, 0.6) is 0 Å². The molecule has 0 N–H and O–H groups in total. The highest BCUT2D eigenvalue weighted by Crippen LogP contribution is 2.34. The van der Waals surface area contributed by atoms with Gasteiger partial charge < -0.3 is 4.90 Å². The Hall–Kier alpha value is -3.02. The molecule has 1 aromatic heterocycles. The summed E-state index contributed by atoms with van der Waals surface area (Å²) in [7, 11) is 4.05. The van der Waals surface area contributed by atoms with Crippen molar-refractivity contribution >= 4 is 32.6 Å². The molecule has 0 radical (unpaired) electrons. The van der Waals surface area contributed by atoms with Gasteiger partial charge in [0.2, 0.25) is 5.91 Å². The van der Waals surface area contributed by atoms with Crippen LogP contribution in [0.1, 0.15) is 22.6 Å². The number of anilines is 1. The Labute approximate surface area is 187 Å². The first-order valence-electron chi connectivity index (χ1n) is 10.5. The van der Waals surface area contributed by atoms with Crippen LogP contribution in [0.2, 0.25) is 0 Å². The number of amides is 1. The van der Waals surface area contributed by atoms with Crippen molar-refractivity contribution in [2.45, 2.75) is 12.8 Å². The Morgan fingerprint density at radius 2 is 1.48 bits per heavy atom. The Morgan fingerprint density at radius 1 is 0.871 bits per heavy atom. The summed E-state index contributed by atoms with van der Waals surface area (Å²) in [4.78, 5) is 22.9. The van der Waals surface area contributed by atoms with Crippen LogP contribution in [0.3, 0.4) is 0 Å². The summed E-state index contributed by atoms with van der Waals surface area (Å²) in [5, 5.41) is 0.757. The molecular weight excluding hydrogens is 402 g/mol. The van der Waals surface area contributed by atoms with Gasteiger partial charge in [-0.05, 0) is 43.8 Å². The summed E-state index contributed by atoms with van der Waals surface area (Å²) < 4.78 is 1.11. The molecule has 4 rings (SSSR count). The van der Waals surface area contributed by atoms with Crippen molar-refractivity contribution in [2.75, 3.05) is 32.1 Å². The van der Waals surface area contributed by atoms with Gasteiger partial charge in [-0.25, -0.2) is 4.98 Å². The van der Waals surface area contributed by atoms with Crippen LogP contribution in [-0.4, -0.2) is 43.0 Å². The van der Waals surface area contributed by atoms with Crippen molar-refractivity contribution in [1.29, 1.82) is 0 Å². The van der Waals surface area contributed by atoms with Crippen LogP contribution in [0.25, 0.3) is 10.2 Å². The lowest BCUT2D eigenvalue weighted by molar-refractivity contribution is -0.119. The second-order valence-corrected chi connectivity index (χ2v) is 8.97. The monoisotopic (exact) mass is 429 g/mol. The number of carbonyl (C=O) groups is 1. The normalized spacial score (nSPS) is 11.4. The highest BCUT2D eigenvalue weighted by Gasteiger charge is 2.30. The molecule has 3 aromatic carbocycles. The molecule has 1 amide bonds. The number of hydrogen-bond acceptors (Lipinski definition) is 4. The predicted molar refractivity (Wildman–Crippen MR) is 130 cm³/mol. The van der Waals surface area contributed by atoms with Crippen LogP contribution in [0, 0.1) is 6.92 Å². The number of para-hydroxylation sites is 1. The third kappa shape index (κ3) is 4.68. The van der Waals surface area contributed by atoms with Gasteiger partial charge in [0.1, 0.15) is 0 Å². The number of nitrogens with zero attached hydrogens (tertiary/aromatic N) is 3. The minimum atomic E-state index is -0.377. The fourth-order valence-corrected chi connectivity index (χ4v) is 4.79. The molecule has 0 unspecified atom stereocenters. The van der Waals surface area contributed by atoms with Crippen molar-refractivity contribution in [1.82, 2.24) is 9.88 Å². The van der Waals surface area contributed by atoms with Gasteiger partial charge in [0.25, 0.3) is 0 Å². The molecule has 0 saturated heterocycles. The average molecular weight is 430 g/mol. The van der Waals surface area contributed by atoms with Crippen molar-refractivity contribution in [2.24, 2.45) is 0 Å². The Balaban J connectivity index is 1.79. The number of likely N-dealkylation sites (N-methyl/N-ethyl adjacent to an activating group) is 1. The molecule has 5 heteroatoms. The molecule has 0 spiro atoms. The van der Waals surface area contributed by atoms with Gasteiger partial charge in [-0.1, -0.05) is 84.1 Å². The summed E-state index contributed by atoms with van der Waals surface area (Å²) in [6.07, 6.45) is 0. The fourth-order valence-electron chi connectivity index (χ4n) is 3.71. The molecule has 1 heterocycles. The summed E-state index contributed by atoms with van der Waals surface area (Å²) in [5.41, 5.74) is 4.08. The maximum atomic E-state index is 14.1. The van der Waals surface area contributed by atoms with Crippen LogP contribution >= 0.6 is 11.3 Å². The number of rotatable bonds is 7. The standard InChI is InChI=1S/C26H27N3OS/c1-19-11-10-16-22-24(19)27-26(31-22)29(18-17-28(2)3)25(30)23(20-12-6-4-7-13-20)21-14-8-5-9-15-21/h4-16,23H,17-18H2,1-3H3. The second kappa shape index (κ2) is 9.41. The number of fused-ring (bicyclic) bond motifs is 1. The van der Waals surface area contributed by atoms with Gasteiger partial charge in [0.15, 0.2) is 5.13 Å². The van der Waals surface area contributed by atoms with E-state index >= 15 is 0 Å². The van der Waals surface area contributed by atoms with E-state index in [0.29, 0.717) is 6.54 Å². The van der Waals surface area contributed by atoms with Crippen LogP contribution in [0.15, 0.2) is 78.9 Å². The quantitative estimate of drug-likeness (QED) is 0.398. The van der Waals surface area contributed by atoms with Crippen molar-refractivity contribution in [3.63, 3.8) is 0 Å². The molecule has 0 aliphatic carbocycles. The van der Waals surface area contributed by atoms with Crippen LogP contribution in [0.4, 0.5) is 5.13 Å². The summed E-state index contributed by atoms with van der Waals surface area (Å²) >= 11 is 1.58. The summed E-state index contributed by atoms with van der Waals surface area (Å²) in [5.74, 6) is -0.325. The number of aryl methyl sites for hydroxylation is 1. The number of aromatic nitrogens is 1. The van der Waals surface area contributed by atoms with Crippen molar-refractivity contribution in [3.8, 4) is 0 Å². The van der Waals surface area contributed by atoms with Gasteiger partial charge in [0.05, 0.1) is 16.1 Å². The van der Waals surface area contributed by atoms with E-state index < -0.39 is 0 Å². The molecule has 4 nitrogen and oxygen atoms in total. The maximum absolute atomic E-state index is 14.1. The first-order chi connectivity index (χ1) is 15.0. The molecule has 31 heavy (non-hydrogen) atoms. The van der Waals surface area contributed by atoms with E-state index in [1.54, 1.807) is 11.3 Å². The van der Waals surface area contributed by atoms with Gasteiger partial charge in [0, 0.05) is 13.1 Å². The molecule has 0 aliphatic heterocycles. The lowest BCUT2D eigenvalue weighted by atomic mass is 9.90. The van der Waals surface area contributed by atoms with E-state index in [-0.39, 0.29) is 11.8 Å². The van der Waals surface area contributed by atoms with Gasteiger partial charge in [-0.3, -0.25) is 9.69 Å². The van der Waals surface area contributed by atoms with E-state index in [0.717, 1.165) is 38.6 Å². The molecule has 0 saturated carbocycles. The van der Waals surface area contributed by atoms with Crippen molar-refractivity contribution in [3.05, 3.63) is 95.6 Å². The van der Waals surface area contributed by atoms with Gasteiger partial charge >= 0.3 is 0 Å². The van der Waals surface area contributed by atoms with E-state index in [9.17, 15) is 4.79 Å². The Bertz CT molecular complexity index is 1120. The summed E-state index contributed by atoms with van der Waals surface area (Å²) in [6.45, 7) is 3.41. The number of hydrogen-bond donors (Lipinski definition) is 0. The first-order valence-corrected chi connectivity index (χ1v) is 11.3. The largest absolute Gasteiger partial charge is 0.308 e. The number of carbonyl (C=O) groups excluding carboxylic acids is 1. The molecule has 0 aliphatic rings.